The van der Waals surface area contributed by atoms with Crippen LogP contribution in [0.15, 0.2) is 24.4 Å². The number of benzene rings is 1. The number of anilines is 2. The summed E-state index contributed by atoms with van der Waals surface area (Å²) in [5.41, 5.74) is 4.92. The molecule has 0 aliphatic heterocycles. The van der Waals surface area contributed by atoms with Crippen molar-refractivity contribution >= 4 is 33.8 Å². The third-order valence-electron chi connectivity index (χ3n) is 2.09. The third-order valence-corrected chi connectivity index (χ3v) is 2.67. The Bertz CT molecular complexity index is 598. The largest absolute Gasteiger partial charge is 0.393 e. The van der Waals surface area contributed by atoms with Crippen LogP contribution >= 0.6 is 11.5 Å². The number of nitrogen functional groups attached to an aromatic ring is 1. The van der Waals surface area contributed by atoms with E-state index in [-0.39, 0.29) is 11.3 Å². The minimum absolute atomic E-state index is 0.0601. The van der Waals surface area contributed by atoms with E-state index < -0.39 is 16.5 Å². The Kier molecular flexibility index (Phi) is 3.15. The maximum Gasteiger partial charge on any atom is 0.304 e. The molecule has 2 aromatic rings. The van der Waals surface area contributed by atoms with E-state index in [0.29, 0.717) is 5.00 Å². The fourth-order valence-electron chi connectivity index (χ4n) is 1.35. The lowest BCUT2D eigenvalue weighted by Crippen LogP contribution is -2.14. The van der Waals surface area contributed by atoms with Gasteiger partial charge in [-0.15, -0.1) is 5.10 Å². The number of carbonyl (C=O) groups is 1. The molecule has 1 heterocycles. The number of carbonyl (C=O) groups excluding carboxylic acids is 1. The van der Waals surface area contributed by atoms with Gasteiger partial charge in [0.15, 0.2) is 0 Å². The number of nitrogens with one attached hydrogen (secondary N) is 1. The van der Waals surface area contributed by atoms with Gasteiger partial charge in [-0.3, -0.25) is 14.9 Å². The second-order valence-electron chi connectivity index (χ2n) is 3.24. The molecule has 18 heavy (non-hydrogen) atoms. The molecule has 9 heteroatoms. The minimum atomic E-state index is -0.685. The second-order valence-corrected chi connectivity index (χ2v) is 4.02. The summed E-state index contributed by atoms with van der Waals surface area (Å²) >= 11 is 0.970. The zero-order valence-corrected chi connectivity index (χ0v) is 9.68. The summed E-state index contributed by atoms with van der Waals surface area (Å²) in [7, 11) is 0. The van der Waals surface area contributed by atoms with Gasteiger partial charge in [0, 0.05) is 11.5 Å². The number of aromatic nitrogens is 2. The number of nitro groups is 1. The van der Waals surface area contributed by atoms with E-state index in [9.17, 15) is 14.9 Å². The number of rotatable bonds is 3. The first kappa shape index (κ1) is 11.9. The lowest BCUT2D eigenvalue weighted by Gasteiger charge is -2.04. The van der Waals surface area contributed by atoms with Gasteiger partial charge < -0.3 is 11.1 Å². The maximum atomic E-state index is 11.9. The lowest BCUT2D eigenvalue weighted by molar-refractivity contribution is -0.384. The predicted molar refractivity (Wildman–Crippen MR) is 65.4 cm³/mol. The molecule has 0 radical (unpaired) electrons. The summed E-state index contributed by atoms with van der Waals surface area (Å²) in [5.74, 6) is -0.625. The Balaban J connectivity index is 2.36. The molecule has 0 unspecified atom stereocenters. The van der Waals surface area contributed by atoms with E-state index in [1.54, 1.807) is 0 Å². The van der Waals surface area contributed by atoms with Crippen molar-refractivity contribution in [3.05, 3.63) is 40.1 Å². The van der Waals surface area contributed by atoms with Crippen LogP contribution in [0, 0.1) is 10.1 Å². The molecule has 1 aromatic carbocycles. The Labute approximate surface area is 105 Å². The van der Waals surface area contributed by atoms with Crippen LogP contribution in [0.1, 0.15) is 10.4 Å². The fraction of sp³-hybridized carbons (Fsp3) is 0. The van der Waals surface area contributed by atoms with Crippen molar-refractivity contribution in [1.82, 2.24) is 9.59 Å². The quantitative estimate of drug-likeness (QED) is 0.489. The number of nitrogens with zero attached hydrogens (tertiary/aromatic N) is 3. The Hall–Kier alpha value is -2.55. The molecule has 0 saturated carbocycles. The Morgan fingerprint density at radius 1 is 1.50 bits per heavy atom. The molecule has 0 atom stereocenters. The smallest absolute Gasteiger partial charge is 0.304 e. The third kappa shape index (κ3) is 2.25. The van der Waals surface area contributed by atoms with Gasteiger partial charge in [-0.1, -0.05) is 10.6 Å². The average molecular weight is 265 g/mol. The van der Waals surface area contributed by atoms with E-state index in [1.165, 1.54) is 24.4 Å². The molecule has 0 aliphatic carbocycles. The van der Waals surface area contributed by atoms with Crippen LogP contribution in [0.5, 0.6) is 0 Å². The van der Waals surface area contributed by atoms with E-state index in [4.69, 9.17) is 5.73 Å². The van der Waals surface area contributed by atoms with Gasteiger partial charge in [-0.05, 0) is 12.1 Å². The molecular formula is C9H7N5O3S. The van der Waals surface area contributed by atoms with Gasteiger partial charge in [-0.2, -0.15) is 0 Å². The molecule has 2 rings (SSSR count). The lowest BCUT2D eigenvalue weighted by atomic mass is 10.1. The van der Waals surface area contributed by atoms with Crippen molar-refractivity contribution in [1.29, 1.82) is 0 Å². The Morgan fingerprint density at radius 3 is 2.89 bits per heavy atom. The van der Waals surface area contributed by atoms with Gasteiger partial charge in [0.1, 0.15) is 16.3 Å². The van der Waals surface area contributed by atoms with Crippen LogP contribution < -0.4 is 11.1 Å². The first-order valence-electron chi connectivity index (χ1n) is 4.71. The monoisotopic (exact) mass is 265 g/mol. The van der Waals surface area contributed by atoms with Crippen LogP contribution in [-0.4, -0.2) is 20.4 Å². The summed E-state index contributed by atoms with van der Waals surface area (Å²) < 4.78 is 3.56. The summed E-state index contributed by atoms with van der Waals surface area (Å²) in [6.07, 6.45) is 1.35. The fourth-order valence-corrected chi connectivity index (χ4v) is 1.76. The number of hydrogen-bond donors (Lipinski definition) is 2. The number of hydrogen-bond acceptors (Lipinski definition) is 7. The van der Waals surface area contributed by atoms with E-state index in [2.05, 4.69) is 14.9 Å². The number of nitro benzene ring substituents is 1. The van der Waals surface area contributed by atoms with Crippen LogP contribution in [-0.2, 0) is 0 Å². The van der Waals surface area contributed by atoms with Gasteiger partial charge >= 0.3 is 5.69 Å². The van der Waals surface area contributed by atoms with Gasteiger partial charge in [0.25, 0.3) is 5.91 Å². The zero-order valence-electron chi connectivity index (χ0n) is 8.86. The number of para-hydroxylation sites is 1. The summed E-state index contributed by atoms with van der Waals surface area (Å²) in [5, 5.41) is 17.3. The molecule has 3 N–H and O–H groups in total. The highest BCUT2D eigenvalue weighted by Gasteiger charge is 2.23. The molecule has 0 saturated heterocycles. The molecule has 0 bridgehead atoms. The molecule has 1 aromatic heterocycles. The van der Waals surface area contributed by atoms with Crippen LogP contribution in [0.25, 0.3) is 0 Å². The molecule has 92 valence electrons. The normalized spacial score (nSPS) is 10.0. The van der Waals surface area contributed by atoms with Crippen molar-refractivity contribution in [2.24, 2.45) is 0 Å². The SMILES string of the molecule is Nc1cccc(C(=O)Nc2cnns2)c1[N+](=O)[O-]. The zero-order chi connectivity index (χ0) is 13.1. The van der Waals surface area contributed by atoms with Crippen molar-refractivity contribution in [2.45, 2.75) is 0 Å². The molecule has 0 aliphatic rings. The van der Waals surface area contributed by atoms with E-state index >= 15 is 0 Å². The van der Waals surface area contributed by atoms with E-state index in [1.807, 2.05) is 0 Å². The first-order chi connectivity index (χ1) is 8.59. The highest BCUT2D eigenvalue weighted by molar-refractivity contribution is 7.10. The minimum Gasteiger partial charge on any atom is -0.393 e. The van der Waals surface area contributed by atoms with Crippen LogP contribution in [0.4, 0.5) is 16.4 Å². The average Bonchev–Trinajstić information content (AvgIpc) is 2.80. The summed E-state index contributed by atoms with van der Waals surface area (Å²) in [6, 6.07) is 4.17. The van der Waals surface area contributed by atoms with Crippen molar-refractivity contribution in [2.75, 3.05) is 11.1 Å². The molecule has 8 nitrogen and oxygen atoms in total. The second kappa shape index (κ2) is 4.75. The van der Waals surface area contributed by atoms with Crippen molar-refractivity contribution < 1.29 is 9.72 Å². The van der Waals surface area contributed by atoms with Crippen molar-refractivity contribution in [3.8, 4) is 0 Å². The number of nitrogens with two attached hydrogens (primary N) is 1. The number of amides is 1. The molecule has 1 amide bonds. The molecule has 0 fully saturated rings. The molecular weight excluding hydrogens is 258 g/mol. The Morgan fingerprint density at radius 2 is 2.28 bits per heavy atom. The van der Waals surface area contributed by atoms with Gasteiger partial charge in [0.2, 0.25) is 0 Å². The highest BCUT2D eigenvalue weighted by Crippen LogP contribution is 2.26. The maximum absolute atomic E-state index is 11.9. The van der Waals surface area contributed by atoms with E-state index in [0.717, 1.165) is 11.5 Å². The first-order valence-corrected chi connectivity index (χ1v) is 5.48. The van der Waals surface area contributed by atoms with Crippen molar-refractivity contribution in [3.63, 3.8) is 0 Å². The standard InChI is InChI=1S/C9H7N5O3S/c10-6-3-1-2-5(8(6)14(16)17)9(15)12-7-4-11-13-18-7/h1-4H,10H2,(H,12,15). The molecule has 0 spiro atoms. The summed E-state index contributed by atoms with van der Waals surface area (Å²) in [4.78, 5) is 22.1. The van der Waals surface area contributed by atoms with Crippen LogP contribution in [0.2, 0.25) is 0 Å². The van der Waals surface area contributed by atoms with Crippen LogP contribution in [0.3, 0.4) is 0 Å². The van der Waals surface area contributed by atoms with Gasteiger partial charge in [-0.25, -0.2) is 0 Å². The topological polar surface area (TPSA) is 124 Å². The van der Waals surface area contributed by atoms with Gasteiger partial charge in [0.05, 0.1) is 11.1 Å². The highest BCUT2D eigenvalue weighted by atomic mass is 32.1. The predicted octanol–water partition coefficient (Wildman–Crippen LogP) is 1.28. The summed E-state index contributed by atoms with van der Waals surface area (Å²) in [6.45, 7) is 0.